The number of anilines is 1. The fourth-order valence-electron chi connectivity index (χ4n) is 3.32. The molecule has 0 bridgehead atoms. The van der Waals surface area contributed by atoms with E-state index >= 15 is 0 Å². The quantitative estimate of drug-likeness (QED) is 0.526. The van der Waals surface area contributed by atoms with E-state index in [-0.39, 0.29) is 12.1 Å². The van der Waals surface area contributed by atoms with Gasteiger partial charge >= 0.3 is 6.36 Å². The number of nitrogens with one attached hydrogen (secondary N) is 1. The maximum Gasteiger partial charge on any atom is 0.573 e. The molecule has 0 unspecified atom stereocenters. The zero-order valence-electron chi connectivity index (χ0n) is 16.4. The summed E-state index contributed by atoms with van der Waals surface area (Å²) >= 11 is 7.70. The van der Waals surface area contributed by atoms with Crippen molar-refractivity contribution in [3.05, 3.63) is 52.5 Å². The summed E-state index contributed by atoms with van der Waals surface area (Å²) < 4.78 is 42.4. The van der Waals surface area contributed by atoms with Gasteiger partial charge in [-0.25, -0.2) is 0 Å². The monoisotopic (exact) mass is 458 g/mol. The average Bonchev–Trinajstić information content (AvgIpc) is 3.21. The number of benzene rings is 2. The molecule has 1 saturated heterocycles. The smallest absolute Gasteiger partial charge is 0.406 e. The Hall–Kier alpha value is -2.06. The van der Waals surface area contributed by atoms with Gasteiger partial charge < -0.3 is 15.0 Å². The highest BCUT2D eigenvalue weighted by molar-refractivity contribution is 7.99. The maximum absolute atomic E-state index is 12.8. The second-order valence-electron chi connectivity index (χ2n) is 6.83. The number of alkyl halides is 3. The third-order valence-corrected chi connectivity index (χ3v) is 5.85. The van der Waals surface area contributed by atoms with Gasteiger partial charge in [-0.15, -0.1) is 24.9 Å². The highest BCUT2D eigenvalue weighted by Gasteiger charge is 2.32. The number of ether oxygens (including phenoxy) is 1. The van der Waals surface area contributed by atoms with Gasteiger partial charge in [0.2, 0.25) is 0 Å². The molecule has 0 saturated carbocycles. The lowest BCUT2D eigenvalue weighted by Crippen LogP contribution is -2.25. The first-order valence-electron chi connectivity index (χ1n) is 9.60. The van der Waals surface area contributed by atoms with E-state index in [9.17, 15) is 18.0 Å². The molecule has 0 aliphatic carbocycles. The molecule has 0 radical (unpaired) electrons. The van der Waals surface area contributed by atoms with Gasteiger partial charge in [-0.3, -0.25) is 4.79 Å². The van der Waals surface area contributed by atoms with Crippen molar-refractivity contribution in [1.29, 1.82) is 0 Å². The van der Waals surface area contributed by atoms with Crippen molar-refractivity contribution in [2.24, 2.45) is 0 Å². The Bertz CT molecular complexity index is 902. The van der Waals surface area contributed by atoms with Crippen LogP contribution in [-0.2, 0) is 6.54 Å². The van der Waals surface area contributed by atoms with Crippen LogP contribution in [-0.4, -0.2) is 31.1 Å². The Labute approximate surface area is 182 Å². The predicted molar refractivity (Wildman–Crippen MR) is 114 cm³/mol. The lowest BCUT2D eigenvalue weighted by atomic mass is 10.1. The number of nitrogens with zero attached hydrogens (tertiary/aromatic N) is 1. The fourth-order valence-corrected chi connectivity index (χ4v) is 4.31. The largest absolute Gasteiger partial charge is 0.573 e. The minimum atomic E-state index is -4.83. The first kappa shape index (κ1) is 22.6. The molecule has 9 heteroatoms. The second kappa shape index (κ2) is 9.83. The zero-order chi connectivity index (χ0) is 21.7. The predicted octanol–water partition coefficient (Wildman–Crippen LogP) is 5.88. The van der Waals surface area contributed by atoms with Gasteiger partial charge in [-0.1, -0.05) is 18.5 Å². The molecule has 4 nitrogen and oxygen atoms in total. The molecule has 1 heterocycles. The van der Waals surface area contributed by atoms with E-state index < -0.39 is 18.0 Å². The molecule has 2 aromatic carbocycles. The van der Waals surface area contributed by atoms with Gasteiger partial charge in [0.15, 0.2) is 0 Å². The number of carbonyl (C=O) groups excluding carboxylic acids is 1. The van der Waals surface area contributed by atoms with Crippen LogP contribution in [0.1, 0.15) is 35.7 Å². The van der Waals surface area contributed by atoms with E-state index in [1.54, 1.807) is 30.0 Å². The normalized spacial score (nSPS) is 14.1. The topological polar surface area (TPSA) is 41.6 Å². The number of halogens is 4. The van der Waals surface area contributed by atoms with E-state index in [2.05, 4.69) is 10.1 Å². The summed E-state index contributed by atoms with van der Waals surface area (Å²) in [5.74, 6) is -0.0176. The maximum atomic E-state index is 12.8. The molecule has 162 valence electrons. The van der Waals surface area contributed by atoms with Gasteiger partial charge in [0.1, 0.15) is 5.75 Å². The van der Waals surface area contributed by atoms with Crippen LogP contribution in [0.5, 0.6) is 5.75 Å². The summed E-state index contributed by atoms with van der Waals surface area (Å²) in [7, 11) is 0. The molecule has 0 aromatic heterocycles. The van der Waals surface area contributed by atoms with Crippen LogP contribution >= 0.6 is 23.4 Å². The van der Waals surface area contributed by atoms with E-state index in [4.69, 9.17) is 11.6 Å². The van der Waals surface area contributed by atoms with Gasteiger partial charge in [-0.2, -0.15) is 0 Å². The van der Waals surface area contributed by atoms with Gasteiger partial charge in [0.25, 0.3) is 5.91 Å². The fraction of sp³-hybridized carbons (Fsp3) is 0.381. The lowest BCUT2D eigenvalue weighted by molar-refractivity contribution is -0.274. The van der Waals surface area contributed by atoms with Gasteiger partial charge in [0.05, 0.1) is 0 Å². The molecule has 3 rings (SSSR count). The third-order valence-electron chi connectivity index (χ3n) is 4.62. The summed E-state index contributed by atoms with van der Waals surface area (Å²) in [6.07, 6.45) is -2.92. The molecule has 0 atom stereocenters. The summed E-state index contributed by atoms with van der Waals surface area (Å²) in [6, 6.07) is 9.49. The molecule has 1 aliphatic rings. The lowest BCUT2D eigenvalue weighted by Gasteiger charge is -2.20. The zero-order valence-corrected chi connectivity index (χ0v) is 18.0. The number of carbonyl (C=O) groups is 1. The Balaban J connectivity index is 1.81. The van der Waals surface area contributed by atoms with Crippen LogP contribution in [0.2, 0.25) is 5.02 Å². The van der Waals surface area contributed by atoms with E-state index in [1.165, 1.54) is 6.07 Å². The van der Waals surface area contributed by atoms with Crippen molar-refractivity contribution >= 4 is 35.0 Å². The van der Waals surface area contributed by atoms with E-state index in [0.29, 0.717) is 10.7 Å². The van der Waals surface area contributed by atoms with Crippen LogP contribution in [0.15, 0.2) is 41.3 Å². The van der Waals surface area contributed by atoms with Crippen molar-refractivity contribution in [2.75, 3.05) is 23.7 Å². The molecule has 0 spiro atoms. The van der Waals surface area contributed by atoms with Crippen molar-refractivity contribution in [3.8, 4) is 5.75 Å². The molecule has 1 aliphatic heterocycles. The van der Waals surface area contributed by atoms with Gasteiger partial charge in [0, 0.05) is 46.9 Å². The standard InChI is InChI=1S/C21H22ClF3N2O2S/c1-2-30-19-6-5-16(22)9-15(19)13-26-20(28)14-10-17(27-7-3-4-8-27)12-18(11-14)29-21(23,24)25/h5-6,9-12H,2-4,7-8,13H2,1H3,(H,26,28). The molecule has 30 heavy (non-hydrogen) atoms. The van der Waals surface area contributed by atoms with Crippen molar-refractivity contribution in [1.82, 2.24) is 5.32 Å². The van der Waals surface area contributed by atoms with Crippen molar-refractivity contribution in [3.63, 3.8) is 0 Å². The van der Waals surface area contributed by atoms with Crippen LogP contribution < -0.4 is 15.0 Å². The molecule has 2 aromatic rings. The average molecular weight is 459 g/mol. The van der Waals surface area contributed by atoms with Gasteiger partial charge in [-0.05, 0) is 54.5 Å². The molecule has 1 amide bonds. The Morgan fingerprint density at radius 2 is 1.93 bits per heavy atom. The molecule has 1 fully saturated rings. The SMILES string of the molecule is CCSc1ccc(Cl)cc1CNC(=O)c1cc(OC(F)(F)F)cc(N2CCCC2)c1. The van der Waals surface area contributed by atoms with Crippen LogP contribution in [0.4, 0.5) is 18.9 Å². The molecular weight excluding hydrogens is 437 g/mol. The number of amides is 1. The number of thioether (sulfide) groups is 1. The molecular formula is C21H22ClF3N2O2S. The van der Waals surface area contributed by atoms with Crippen LogP contribution in [0.25, 0.3) is 0 Å². The second-order valence-corrected chi connectivity index (χ2v) is 8.57. The van der Waals surface area contributed by atoms with E-state index in [1.807, 2.05) is 17.9 Å². The van der Waals surface area contributed by atoms with Crippen LogP contribution in [0.3, 0.4) is 0 Å². The summed E-state index contributed by atoms with van der Waals surface area (Å²) in [4.78, 5) is 15.7. The number of rotatable bonds is 7. The highest BCUT2D eigenvalue weighted by atomic mass is 35.5. The molecule has 1 N–H and O–H groups in total. The summed E-state index contributed by atoms with van der Waals surface area (Å²) in [5.41, 5.74) is 1.51. The summed E-state index contributed by atoms with van der Waals surface area (Å²) in [5, 5.41) is 3.34. The third kappa shape index (κ3) is 6.22. The van der Waals surface area contributed by atoms with E-state index in [0.717, 1.165) is 48.2 Å². The highest BCUT2D eigenvalue weighted by Crippen LogP contribution is 2.31. The number of hydrogen-bond acceptors (Lipinski definition) is 4. The first-order valence-corrected chi connectivity index (χ1v) is 11.0. The van der Waals surface area contributed by atoms with Crippen LogP contribution in [0, 0.1) is 0 Å². The minimum Gasteiger partial charge on any atom is -0.406 e. The Morgan fingerprint density at radius 3 is 2.60 bits per heavy atom. The Kier molecular flexibility index (Phi) is 7.41. The Morgan fingerprint density at radius 1 is 1.20 bits per heavy atom. The first-order chi connectivity index (χ1) is 14.2. The minimum absolute atomic E-state index is 0.116. The number of hydrogen-bond donors (Lipinski definition) is 1. The van der Waals surface area contributed by atoms with Crippen molar-refractivity contribution in [2.45, 2.75) is 37.6 Å². The summed E-state index contributed by atoms with van der Waals surface area (Å²) in [6.45, 7) is 3.70. The van der Waals surface area contributed by atoms with Crippen molar-refractivity contribution < 1.29 is 22.7 Å².